The minimum atomic E-state index is 0.261. The Labute approximate surface area is 114 Å². The summed E-state index contributed by atoms with van der Waals surface area (Å²) in [6.45, 7) is 4.95. The number of nitriles is 1. The molecular formula is C16H19N3. The first-order chi connectivity index (χ1) is 9.11. The van der Waals surface area contributed by atoms with Crippen molar-refractivity contribution in [1.29, 1.82) is 5.26 Å². The fraction of sp³-hybridized carbons (Fsp3) is 0.375. The number of nitrogens with zero attached hydrogens (tertiary/aromatic N) is 3. The lowest BCUT2D eigenvalue weighted by molar-refractivity contribution is 0.253. The number of benzene rings is 1. The highest BCUT2D eigenvalue weighted by Gasteiger charge is 2.11. The fourth-order valence-electron chi connectivity index (χ4n) is 2.24. The highest BCUT2D eigenvalue weighted by Crippen LogP contribution is 2.20. The molecule has 0 radical (unpaired) electrons. The summed E-state index contributed by atoms with van der Waals surface area (Å²) in [4.78, 5) is 6.77. The molecule has 2 rings (SSSR count). The molecule has 2 aromatic rings. The van der Waals surface area contributed by atoms with Crippen molar-refractivity contribution in [2.45, 2.75) is 32.9 Å². The van der Waals surface area contributed by atoms with Gasteiger partial charge >= 0.3 is 0 Å². The molecule has 0 amide bonds. The smallest absolute Gasteiger partial charge is 0.0708 e. The lowest BCUT2D eigenvalue weighted by Crippen LogP contribution is -2.28. The van der Waals surface area contributed by atoms with Gasteiger partial charge in [-0.25, -0.2) is 0 Å². The van der Waals surface area contributed by atoms with Crippen LogP contribution in [0.3, 0.4) is 0 Å². The molecule has 1 heterocycles. The van der Waals surface area contributed by atoms with Crippen molar-refractivity contribution in [2.24, 2.45) is 0 Å². The van der Waals surface area contributed by atoms with E-state index in [1.54, 1.807) is 0 Å². The monoisotopic (exact) mass is 253 g/mol. The number of para-hydroxylation sites is 1. The second-order valence-electron chi connectivity index (χ2n) is 5.07. The van der Waals surface area contributed by atoms with Gasteiger partial charge in [0.25, 0.3) is 0 Å². The first-order valence-electron chi connectivity index (χ1n) is 6.54. The highest BCUT2D eigenvalue weighted by molar-refractivity contribution is 5.82. The van der Waals surface area contributed by atoms with Crippen LogP contribution in [-0.2, 0) is 6.54 Å². The van der Waals surface area contributed by atoms with E-state index < -0.39 is 0 Å². The third-order valence-electron chi connectivity index (χ3n) is 3.49. The van der Waals surface area contributed by atoms with E-state index in [0.29, 0.717) is 6.42 Å². The molecule has 0 aliphatic carbocycles. The van der Waals surface area contributed by atoms with Gasteiger partial charge in [0.05, 0.1) is 18.0 Å². The molecule has 1 aromatic carbocycles. The third kappa shape index (κ3) is 3.10. The molecule has 1 atom stereocenters. The van der Waals surface area contributed by atoms with E-state index in [4.69, 9.17) is 5.26 Å². The number of hydrogen-bond acceptors (Lipinski definition) is 3. The fourth-order valence-corrected chi connectivity index (χ4v) is 2.24. The van der Waals surface area contributed by atoms with Gasteiger partial charge in [0.15, 0.2) is 0 Å². The van der Waals surface area contributed by atoms with Crippen molar-refractivity contribution >= 4 is 10.9 Å². The van der Waals surface area contributed by atoms with Crippen molar-refractivity contribution < 1.29 is 0 Å². The summed E-state index contributed by atoms with van der Waals surface area (Å²) in [6.07, 6.45) is 0.554. The van der Waals surface area contributed by atoms with Crippen LogP contribution in [0.5, 0.6) is 0 Å². The summed E-state index contributed by atoms with van der Waals surface area (Å²) >= 11 is 0. The van der Waals surface area contributed by atoms with Crippen LogP contribution in [0.4, 0.5) is 0 Å². The van der Waals surface area contributed by atoms with Gasteiger partial charge in [0.1, 0.15) is 0 Å². The third-order valence-corrected chi connectivity index (χ3v) is 3.49. The van der Waals surface area contributed by atoms with Crippen LogP contribution < -0.4 is 0 Å². The quantitative estimate of drug-likeness (QED) is 0.839. The largest absolute Gasteiger partial charge is 0.298 e. The molecule has 0 bridgehead atoms. The van der Waals surface area contributed by atoms with Crippen molar-refractivity contribution in [3.63, 3.8) is 0 Å². The van der Waals surface area contributed by atoms with Crippen LogP contribution in [0.2, 0.25) is 0 Å². The zero-order valence-electron chi connectivity index (χ0n) is 11.7. The molecule has 0 fully saturated rings. The average molecular weight is 253 g/mol. The minimum absolute atomic E-state index is 0.261. The van der Waals surface area contributed by atoms with Crippen molar-refractivity contribution in [2.75, 3.05) is 7.05 Å². The standard InChI is InChI=1S/C16H19N3/c1-12-10-14(11-19(3)13(2)8-9-17)15-6-4-5-7-16(15)18-12/h4-7,10,13H,8,11H2,1-3H3. The van der Waals surface area contributed by atoms with Gasteiger partial charge in [-0.15, -0.1) is 0 Å². The SMILES string of the molecule is Cc1cc(CN(C)C(C)CC#N)c2ccccc2n1. The van der Waals surface area contributed by atoms with E-state index in [-0.39, 0.29) is 6.04 Å². The molecule has 1 aromatic heterocycles. The molecule has 19 heavy (non-hydrogen) atoms. The van der Waals surface area contributed by atoms with Crippen LogP contribution >= 0.6 is 0 Å². The Morgan fingerprint density at radius 2 is 2.11 bits per heavy atom. The number of pyridine rings is 1. The van der Waals surface area contributed by atoms with Gasteiger partial charge in [-0.05, 0) is 38.6 Å². The van der Waals surface area contributed by atoms with Crippen molar-refractivity contribution in [1.82, 2.24) is 9.88 Å². The second-order valence-corrected chi connectivity index (χ2v) is 5.07. The summed E-state index contributed by atoms with van der Waals surface area (Å²) in [5.74, 6) is 0. The molecule has 3 nitrogen and oxygen atoms in total. The topological polar surface area (TPSA) is 39.9 Å². The van der Waals surface area contributed by atoms with Crippen molar-refractivity contribution in [3.05, 3.63) is 41.6 Å². The molecule has 3 heteroatoms. The molecule has 0 saturated heterocycles. The Morgan fingerprint density at radius 3 is 2.84 bits per heavy atom. The Balaban J connectivity index is 2.32. The molecule has 0 spiro atoms. The summed E-state index contributed by atoms with van der Waals surface area (Å²) in [7, 11) is 2.06. The normalized spacial score (nSPS) is 12.6. The zero-order valence-corrected chi connectivity index (χ0v) is 11.7. The van der Waals surface area contributed by atoms with Crippen LogP contribution in [0, 0.1) is 18.3 Å². The van der Waals surface area contributed by atoms with Crippen LogP contribution in [0.1, 0.15) is 24.6 Å². The predicted molar refractivity (Wildman–Crippen MR) is 77.6 cm³/mol. The zero-order chi connectivity index (χ0) is 13.8. The van der Waals surface area contributed by atoms with E-state index in [1.165, 1.54) is 10.9 Å². The van der Waals surface area contributed by atoms with Gasteiger partial charge in [0, 0.05) is 23.7 Å². The summed E-state index contributed by atoms with van der Waals surface area (Å²) in [5.41, 5.74) is 3.35. The second kappa shape index (κ2) is 5.81. The highest BCUT2D eigenvalue weighted by atomic mass is 15.1. The predicted octanol–water partition coefficient (Wildman–Crippen LogP) is 3.28. The summed E-state index contributed by atoms with van der Waals surface area (Å²) in [5, 5.41) is 9.98. The Bertz CT molecular complexity index is 613. The molecule has 98 valence electrons. The minimum Gasteiger partial charge on any atom is -0.298 e. The maximum atomic E-state index is 8.78. The van der Waals surface area contributed by atoms with Crippen LogP contribution in [0.15, 0.2) is 30.3 Å². The van der Waals surface area contributed by atoms with E-state index in [1.807, 2.05) is 25.1 Å². The average Bonchev–Trinajstić information content (AvgIpc) is 2.38. The van der Waals surface area contributed by atoms with Gasteiger partial charge < -0.3 is 0 Å². The first kappa shape index (κ1) is 13.5. The van der Waals surface area contributed by atoms with Gasteiger partial charge in [-0.3, -0.25) is 9.88 Å². The summed E-state index contributed by atoms with van der Waals surface area (Å²) < 4.78 is 0. The molecule has 0 aliphatic heterocycles. The van der Waals surface area contributed by atoms with E-state index in [2.05, 4.69) is 42.1 Å². The van der Waals surface area contributed by atoms with E-state index in [0.717, 1.165) is 17.8 Å². The van der Waals surface area contributed by atoms with Crippen molar-refractivity contribution in [3.8, 4) is 6.07 Å². The number of fused-ring (bicyclic) bond motifs is 1. The Hall–Kier alpha value is -1.92. The first-order valence-corrected chi connectivity index (χ1v) is 6.54. The van der Waals surface area contributed by atoms with Gasteiger partial charge in [-0.1, -0.05) is 18.2 Å². The van der Waals surface area contributed by atoms with E-state index in [9.17, 15) is 0 Å². The lowest BCUT2D eigenvalue weighted by atomic mass is 10.1. The Kier molecular flexibility index (Phi) is 4.13. The van der Waals surface area contributed by atoms with Crippen LogP contribution in [-0.4, -0.2) is 23.0 Å². The number of hydrogen-bond donors (Lipinski definition) is 0. The summed E-state index contributed by atoms with van der Waals surface area (Å²) in [6, 6.07) is 12.8. The van der Waals surface area contributed by atoms with Gasteiger partial charge in [-0.2, -0.15) is 5.26 Å². The number of rotatable bonds is 4. The molecular weight excluding hydrogens is 234 g/mol. The lowest BCUT2D eigenvalue weighted by Gasteiger charge is -2.23. The molecule has 0 N–H and O–H groups in total. The maximum Gasteiger partial charge on any atom is 0.0708 e. The Morgan fingerprint density at radius 1 is 1.37 bits per heavy atom. The number of aromatic nitrogens is 1. The van der Waals surface area contributed by atoms with Gasteiger partial charge in [0.2, 0.25) is 0 Å². The molecule has 1 unspecified atom stereocenters. The maximum absolute atomic E-state index is 8.78. The molecule has 0 aliphatic rings. The van der Waals surface area contributed by atoms with E-state index >= 15 is 0 Å². The number of aryl methyl sites for hydroxylation is 1. The molecule has 0 saturated carbocycles. The van der Waals surface area contributed by atoms with Crippen LogP contribution in [0.25, 0.3) is 10.9 Å².